The Bertz CT molecular complexity index is 1300. The maximum atomic E-state index is 13.1. The van der Waals surface area contributed by atoms with Crippen LogP contribution in [-0.2, 0) is 16.1 Å². The third kappa shape index (κ3) is 4.45. The number of rotatable bonds is 6. The molecule has 34 heavy (non-hydrogen) atoms. The van der Waals surface area contributed by atoms with Gasteiger partial charge in [-0.05, 0) is 54.8 Å². The van der Waals surface area contributed by atoms with Crippen molar-refractivity contribution < 1.29 is 23.9 Å². The molecule has 0 spiro atoms. The van der Waals surface area contributed by atoms with Gasteiger partial charge in [-0.25, -0.2) is 9.69 Å². The summed E-state index contributed by atoms with van der Waals surface area (Å²) in [6.07, 6.45) is 0. The van der Waals surface area contributed by atoms with Gasteiger partial charge in [0, 0.05) is 13.6 Å². The van der Waals surface area contributed by atoms with Gasteiger partial charge >= 0.3 is 5.97 Å². The number of benzene rings is 3. The van der Waals surface area contributed by atoms with E-state index in [4.69, 9.17) is 4.74 Å². The number of nitrogens with zero attached hydrogens (tertiary/aromatic N) is 2. The van der Waals surface area contributed by atoms with Crippen LogP contribution in [0.2, 0.25) is 0 Å². The number of hydrogen-bond donors (Lipinski definition) is 0. The van der Waals surface area contributed by atoms with Crippen LogP contribution in [-0.4, -0.2) is 42.2 Å². The highest BCUT2D eigenvalue weighted by Gasteiger charge is 2.38. The summed E-state index contributed by atoms with van der Waals surface area (Å²) in [5.41, 5.74) is 3.64. The fourth-order valence-electron chi connectivity index (χ4n) is 3.81. The summed E-state index contributed by atoms with van der Waals surface area (Å²) < 4.78 is 5.18. The lowest BCUT2D eigenvalue weighted by molar-refractivity contribution is -0.133. The molecule has 3 aromatic rings. The molecule has 172 valence electrons. The number of esters is 1. The van der Waals surface area contributed by atoms with Crippen molar-refractivity contribution in [2.75, 3.05) is 18.6 Å². The summed E-state index contributed by atoms with van der Waals surface area (Å²) in [7, 11) is 1.63. The number of carbonyl (C=O) groups is 4. The SMILES string of the molecule is Cc1ccc(C)c(N2C(=O)c3ccc(C(=O)OCC(=O)N(C)Cc4ccccc4)cc3C2=O)c1. The third-order valence-corrected chi connectivity index (χ3v) is 5.74. The molecule has 0 saturated heterocycles. The minimum Gasteiger partial charge on any atom is -0.452 e. The van der Waals surface area contributed by atoms with E-state index in [0.29, 0.717) is 12.2 Å². The Labute approximate surface area is 197 Å². The molecule has 0 N–H and O–H groups in total. The number of hydrogen-bond acceptors (Lipinski definition) is 5. The predicted octanol–water partition coefficient (Wildman–Crippen LogP) is 3.92. The molecule has 0 radical (unpaired) electrons. The van der Waals surface area contributed by atoms with Crippen LogP contribution in [0.25, 0.3) is 0 Å². The zero-order valence-corrected chi connectivity index (χ0v) is 19.2. The number of fused-ring (bicyclic) bond motifs is 1. The number of amides is 3. The van der Waals surface area contributed by atoms with E-state index in [2.05, 4.69) is 0 Å². The summed E-state index contributed by atoms with van der Waals surface area (Å²) in [5.74, 6) is -2.03. The van der Waals surface area contributed by atoms with Gasteiger partial charge in [0.1, 0.15) is 0 Å². The van der Waals surface area contributed by atoms with E-state index >= 15 is 0 Å². The standard InChI is InChI=1S/C27H24N2O5/c1-17-9-10-18(2)23(13-17)29-25(31)21-12-11-20(14-22(21)26(29)32)27(33)34-16-24(30)28(3)15-19-7-5-4-6-8-19/h4-14H,15-16H2,1-3H3. The van der Waals surface area contributed by atoms with Gasteiger partial charge in [-0.3, -0.25) is 14.4 Å². The number of imide groups is 1. The fourth-order valence-corrected chi connectivity index (χ4v) is 3.81. The molecule has 3 aromatic carbocycles. The van der Waals surface area contributed by atoms with Gasteiger partial charge in [0.05, 0.1) is 22.4 Å². The number of likely N-dealkylation sites (N-methyl/N-ethyl adjacent to an activating group) is 1. The van der Waals surface area contributed by atoms with Crippen LogP contribution in [0, 0.1) is 13.8 Å². The Morgan fingerprint density at radius 2 is 1.59 bits per heavy atom. The average Bonchev–Trinajstić information content (AvgIpc) is 3.08. The lowest BCUT2D eigenvalue weighted by Crippen LogP contribution is -2.30. The Balaban J connectivity index is 1.45. The molecule has 1 aliphatic heterocycles. The van der Waals surface area contributed by atoms with Crippen molar-refractivity contribution in [2.24, 2.45) is 0 Å². The largest absolute Gasteiger partial charge is 0.452 e. The van der Waals surface area contributed by atoms with Crippen LogP contribution in [0.4, 0.5) is 5.69 Å². The van der Waals surface area contributed by atoms with Crippen LogP contribution in [0.1, 0.15) is 47.8 Å². The van der Waals surface area contributed by atoms with Crippen LogP contribution >= 0.6 is 0 Å². The zero-order valence-electron chi connectivity index (χ0n) is 19.2. The van der Waals surface area contributed by atoms with Crippen molar-refractivity contribution in [3.63, 3.8) is 0 Å². The monoisotopic (exact) mass is 456 g/mol. The van der Waals surface area contributed by atoms with E-state index in [1.807, 2.05) is 56.3 Å². The molecule has 0 atom stereocenters. The summed E-state index contributed by atoms with van der Waals surface area (Å²) >= 11 is 0. The van der Waals surface area contributed by atoms with E-state index in [-0.39, 0.29) is 22.6 Å². The average molecular weight is 456 g/mol. The number of aryl methyl sites for hydroxylation is 2. The highest BCUT2D eigenvalue weighted by molar-refractivity contribution is 6.35. The van der Waals surface area contributed by atoms with Crippen molar-refractivity contribution in [1.82, 2.24) is 4.90 Å². The van der Waals surface area contributed by atoms with Crippen LogP contribution < -0.4 is 4.90 Å². The molecule has 1 aliphatic rings. The smallest absolute Gasteiger partial charge is 0.338 e. The molecule has 0 fully saturated rings. The molecular weight excluding hydrogens is 432 g/mol. The maximum Gasteiger partial charge on any atom is 0.338 e. The van der Waals surface area contributed by atoms with Crippen molar-refractivity contribution in [3.05, 3.63) is 100 Å². The Hall–Kier alpha value is -4.26. The first-order chi connectivity index (χ1) is 16.3. The first-order valence-corrected chi connectivity index (χ1v) is 10.8. The molecule has 0 unspecified atom stereocenters. The topological polar surface area (TPSA) is 84.0 Å². The minimum atomic E-state index is -0.741. The Kier molecular flexibility index (Phi) is 6.27. The molecule has 0 saturated carbocycles. The highest BCUT2D eigenvalue weighted by atomic mass is 16.5. The van der Waals surface area contributed by atoms with Crippen LogP contribution in [0.15, 0.2) is 66.7 Å². The van der Waals surface area contributed by atoms with Crippen molar-refractivity contribution in [2.45, 2.75) is 20.4 Å². The second-order valence-electron chi connectivity index (χ2n) is 8.31. The van der Waals surface area contributed by atoms with Crippen molar-refractivity contribution in [1.29, 1.82) is 0 Å². The predicted molar refractivity (Wildman–Crippen MR) is 127 cm³/mol. The van der Waals surface area contributed by atoms with Gasteiger partial charge in [-0.2, -0.15) is 0 Å². The highest BCUT2D eigenvalue weighted by Crippen LogP contribution is 2.31. The molecule has 7 nitrogen and oxygen atoms in total. The van der Waals surface area contributed by atoms with Gasteiger partial charge in [0.25, 0.3) is 17.7 Å². The Morgan fingerprint density at radius 1 is 0.882 bits per heavy atom. The van der Waals surface area contributed by atoms with Crippen LogP contribution in [0.5, 0.6) is 0 Å². The number of ether oxygens (including phenoxy) is 1. The molecule has 1 heterocycles. The van der Waals surface area contributed by atoms with Gasteiger partial charge in [-0.15, -0.1) is 0 Å². The second-order valence-corrected chi connectivity index (χ2v) is 8.31. The summed E-state index contributed by atoms with van der Waals surface area (Å²) in [4.78, 5) is 53.5. The van der Waals surface area contributed by atoms with E-state index in [9.17, 15) is 19.2 Å². The van der Waals surface area contributed by atoms with E-state index in [0.717, 1.165) is 21.6 Å². The lowest BCUT2D eigenvalue weighted by Gasteiger charge is -2.17. The molecule has 4 rings (SSSR count). The van der Waals surface area contributed by atoms with Gasteiger partial charge < -0.3 is 9.64 Å². The third-order valence-electron chi connectivity index (χ3n) is 5.74. The first kappa shape index (κ1) is 22.9. The minimum absolute atomic E-state index is 0.0984. The zero-order chi connectivity index (χ0) is 24.4. The molecule has 0 aliphatic carbocycles. The van der Waals surface area contributed by atoms with Crippen LogP contribution in [0.3, 0.4) is 0 Å². The molecule has 0 bridgehead atoms. The molecule has 0 aromatic heterocycles. The second kappa shape index (κ2) is 9.31. The van der Waals surface area contributed by atoms with E-state index in [1.165, 1.54) is 23.1 Å². The molecule has 7 heteroatoms. The fraction of sp³-hybridized carbons (Fsp3) is 0.185. The van der Waals surface area contributed by atoms with Gasteiger partial charge in [0.15, 0.2) is 6.61 Å². The van der Waals surface area contributed by atoms with Crippen molar-refractivity contribution in [3.8, 4) is 0 Å². The van der Waals surface area contributed by atoms with Crippen molar-refractivity contribution >= 4 is 29.4 Å². The molecular formula is C27H24N2O5. The summed E-state index contributed by atoms with van der Waals surface area (Å²) in [6, 6.07) is 19.2. The number of anilines is 1. The van der Waals surface area contributed by atoms with E-state index < -0.39 is 24.4 Å². The van der Waals surface area contributed by atoms with Gasteiger partial charge in [0.2, 0.25) is 0 Å². The molecule has 3 amide bonds. The normalized spacial score (nSPS) is 12.5. The Morgan fingerprint density at radius 3 is 2.32 bits per heavy atom. The van der Waals surface area contributed by atoms with Gasteiger partial charge in [-0.1, -0.05) is 42.5 Å². The maximum absolute atomic E-state index is 13.1. The quantitative estimate of drug-likeness (QED) is 0.415. The first-order valence-electron chi connectivity index (χ1n) is 10.8. The van der Waals surface area contributed by atoms with E-state index in [1.54, 1.807) is 13.1 Å². The lowest BCUT2D eigenvalue weighted by atomic mass is 10.1. The summed E-state index contributed by atoms with van der Waals surface area (Å²) in [5, 5.41) is 0. The summed E-state index contributed by atoms with van der Waals surface area (Å²) in [6.45, 7) is 3.67. The number of carbonyl (C=O) groups excluding carboxylic acids is 4.